The number of halogens is 2. The Morgan fingerprint density at radius 2 is 2.00 bits per heavy atom. The molecule has 1 atom stereocenters. The van der Waals surface area contributed by atoms with Gasteiger partial charge in [-0.1, -0.05) is 30.3 Å². The summed E-state index contributed by atoms with van der Waals surface area (Å²) in [7, 11) is 0. The molecule has 1 aromatic heterocycles. The van der Waals surface area contributed by atoms with E-state index in [0.29, 0.717) is 6.42 Å². The first-order valence-corrected chi connectivity index (χ1v) is 7.44. The summed E-state index contributed by atoms with van der Waals surface area (Å²) in [4.78, 5) is 15.9. The van der Waals surface area contributed by atoms with Crippen molar-refractivity contribution < 1.29 is 23.4 Å². The van der Waals surface area contributed by atoms with Crippen LogP contribution in [0.15, 0.2) is 48.7 Å². The van der Waals surface area contributed by atoms with Crippen molar-refractivity contribution >= 4 is 5.91 Å². The van der Waals surface area contributed by atoms with E-state index >= 15 is 0 Å². The zero-order valence-corrected chi connectivity index (χ0v) is 12.9. The van der Waals surface area contributed by atoms with Crippen LogP contribution in [0, 0.1) is 0 Å². The summed E-state index contributed by atoms with van der Waals surface area (Å²) < 4.78 is 29.1. The van der Waals surface area contributed by atoms with Gasteiger partial charge in [0.2, 0.25) is 0 Å². The number of aliphatic hydroxyl groups excluding tert-OH is 1. The number of pyridine rings is 1. The number of benzene rings is 1. The number of aromatic nitrogens is 1. The average Bonchev–Trinajstić information content (AvgIpc) is 2.60. The predicted molar refractivity (Wildman–Crippen MR) is 84.1 cm³/mol. The summed E-state index contributed by atoms with van der Waals surface area (Å²) in [6.45, 7) is -0.493. The number of alkyl halides is 2. The summed E-state index contributed by atoms with van der Waals surface area (Å²) in [5.74, 6) is -0.308. The van der Waals surface area contributed by atoms with E-state index in [-0.39, 0.29) is 18.0 Å². The van der Waals surface area contributed by atoms with Crippen molar-refractivity contribution in [2.75, 3.05) is 13.2 Å². The standard InChI is InChI=1S/C17H18F2N2O3/c18-16(19)11-24-13-6-8-20-14(10-13)17(23)21-9-7-15(22)12-4-2-1-3-5-12/h1-6,8,10,15-16,22H,7,9,11H2,(H,21,23). The molecule has 2 aromatic rings. The summed E-state index contributed by atoms with van der Waals surface area (Å²) in [6, 6.07) is 11.8. The fourth-order valence-electron chi connectivity index (χ4n) is 2.04. The van der Waals surface area contributed by atoms with Crippen LogP contribution in [0.1, 0.15) is 28.6 Å². The van der Waals surface area contributed by atoms with Gasteiger partial charge in [-0.2, -0.15) is 0 Å². The van der Waals surface area contributed by atoms with E-state index in [9.17, 15) is 18.7 Å². The smallest absolute Gasteiger partial charge is 0.272 e. The maximum Gasteiger partial charge on any atom is 0.272 e. The van der Waals surface area contributed by atoms with E-state index in [2.05, 4.69) is 10.3 Å². The fraction of sp³-hybridized carbons (Fsp3) is 0.294. The first-order chi connectivity index (χ1) is 11.6. The molecular formula is C17H18F2N2O3. The molecule has 1 heterocycles. The fourth-order valence-corrected chi connectivity index (χ4v) is 2.04. The number of ether oxygens (including phenoxy) is 1. The Morgan fingerprint density at radius 3 is 2.71 bits per heavy atom. The number of hydrogen-bond acceptors (Lipinski definition) is 4. The van der Waals surface area contributed by atoms with E-state index in [1.54, 1.807) is 12.1 Å². The molecule has 5 nitrogen and oxygen atoms in total. The van der Waals surface area contributed by atoms with Gasteiger partial charge in [-0.05, 0) is 18.1 Å². The molecule has 2 rings (SSSR count). The highest BCUT2D eigenvalue weighted by atomic mass is 19.3. The van der Waals surface area contributed by atoms with Crippen LogP contribution in [0.3, 0.4) is 0 Å². The molecule has 0 fully saturated rings. The van der Waals surface area contributed by atoms with Crippen molar-refractivity contribution in [3.8, 4) is 5.75 Å². The lowest BCUT2D eigenvalue weighted by atomic mass is 10.1. The number of nitrogens with zero attached hydrogens (tertiary/aromatic N) is 1. The number of hydrogen-bond donors (Lipinski definition) is 2. The quantitative estimate of drug-likeness (QED) is 0.777. The Balaban J connectivity index is 1.83. The lowest BCUT2D eigenvalue weighted by molar-refractivity contribution is 0.0817. The number of amides is 1. The van der Waals surface area contributed by atoms with Gasteiger partial charge in [0.05, 0.1) is 6.10 Å². The Labute approximate surface area is 138 Å². The van der Waals surface area contributed by atoms with Crippen molar-refractivity contribution in [1.29, 1.82) is 0 Å². The van der Waals surface area contributed by atoms with Crippen LogP contribution >= 0.6 is 0 Å². The van der Waals surface area contributed by atoms with E-state index in [0.717, 1.165) is 5.56 Å². The van der Waals surface area contributed by atoms with Gasteiger partial charge in [0.25, 0.3) is 12.3 Å². The summed E-state index contributed by atoms with van der Waals surface area (Å²) >= 11 is 0. The second kappa shape index (κ2) is 8.93. The highest BCUT2D eigenvalue weighted by Gasteiger charge is 2.11. The monoisotopic (exact) mass is 336 g/mol. The average molecular weight is 336 g/mol. The molecule has 0 aliphatic heterocycles. The topological polar surface area (TPSA) is 71.5 Å². The SMILES string of the molecule is O=C(NCCC(O)c1ccccc1)c1cc(OCC(F)F)ccn1. The first kappa shape index (κ1) is 17.8. The zero-order valence-electron chi connectivity index (χ0n) is 12.9. The molecule has 0 spiro atoms. The maximum atomic E-state index is 12.1. The number of carbonyl (C=O) groups is 1. The lowest BCUT2D eigenvalue weighted by Crippen LogP contribution is -2.26. The number of aliphatic hydroxyl groups is 1. The third-order valence-corrected chi connectivity index (χ3v) is 3.23. The van der Waals surface area contributed by atoms with Crippen molar-refractivity contribution in [3.05, 3.63) is 59.9 Å². The molecule has 2 N–H and O–H groups in total. The molecule has 7 heteroatoms. The third kappa shape index (κ3) is 5.58. The van der Waals surface area contributed by atoms with Crippen LogP contribution in [0.4, 0.5) is 8.78 Å². The van der Waals surface area contributed by atoms with Crippen LogP contribution < -0.4 is 10.1 Å². The van der Waals surface area contributed by atoms with Crippen LogP contribution in [-0.2, 0) is 0 Å². The van der Waals surface area contributed by atoms with Crippen LogP contribution in [0.2, 0.25) is 0 Å². The first-order valence-electron chi connectivity index (χ1n) is 7.44. The highest BCUT2D eigenvalue weighted by molar-refractivity contribution is 5.92. The largest absolute Gasteiger partial charge is 0.488 e. The molecule has 0 aliphatic rings. The van der Waals surface area contributed by atoms with Gasteiger partial charge in [0.15, 0.2) is 0 Å². The summed E-state index contributed by atoms with van der Waals surface area (Å²) in [5.41, 5.74) is 0.836. The summed E-state index contributed by atoms with van der Waals surface area (Å²) in [5, 5.41) is 12.6. The van der Waals surface area contributed by atoms with Crippen LogP contribution in [-0.4, -0.2) is 35.6 Å². The maximum absolute atomic E-state index is 12.1. The molecule has 128 valence electrons. The molecule has 0 saturated carbocycles. The van der Waals surface area contributed by atoms with E-state index < -0.39 is 25.0 Å². The Bertz CT molecular complexity index is 653. The molecule has 0 saturated heterocycles. The Kier molecular flexibility index (Phi) is 6.62. The van der Waals surface area contributed by atoms with Gasteiger partial charge < -0.3 is 15.2 Å². The van der Waals surface area contributed by atoms with Gasteiger partial charge in [0.1, 0.15) is 18.1 Å². The second-order valence-electron chi connectivity index (χ2n) is 5.05. The van der Waals surface area contributed by atoms with E-state index in [1.165, 1.54) is 18.3 Å². The zero-order chi connectivity index (χ0) is 17.4. The van der Waals surface area contributed by atoms with Gasteiger partial charge in [-0.25, -0.2) is 8.78 Å². The second-order valence-corrected chi connectivity index (χ2v) is 5.05. The molecule has 0 bridgehead atoms. The van der Waals surface area contributed by atoms with Crippen molar-refractivity contribution in [3.63, 3.8) is 0 Å². The lowest BCUT2D eigenvalue weighted by Gasteiger charge is -2.11. The molecule has 1 aromatic carbocycles. The van der Waals surface area contributed by atoms with E-state index in [1.807, 2.05) is 18.2 Å². The minimum atomic E-state index is -2.59. The van der Waals surface area contributed by atoms with Gasteiger partial charge in [-0.3, -0.25) is 9.78 Å². The van der Waals surface area contributed by atoms with Crippen LogP contribution in [0.5, 0.6) is 5.75 Å². The minimum Gasteiger partial charge on any atom is -0.488 e. The minimum absolute atomic E-state index is 0.0657. The summed E-state index contributed by atoms with van der Waals surface area (Å²) in [6.07, 6.45) is -1.61. The van der Waals surface area contributed by atoms with Crippen molar-refractivity contribution in [2.24, 2.45) is 0 Å². The number of carbonyl (C=O) groups excluding carboxylic acids is 1. The van der Waals surface area contributed by atoms with Gasteiger partial charge in [0, 0.05) is 18.8 Å². The highest BCUT2D eigenvalue weighted by Crippen LogP contribution is 2.15. The van der Waals surface area contributed by atoms with E-state index in [4.69, 9.17) is 4.74 Å². The third-order valence-electron chi connectivity index (χ3n) is 3.23. The molecule has 1 amide bonds. The molecule has 0 radical (unpaired) electrons. The Hall–Kier alpha value is -2.54. The van der Waals surface area contributed by atoms with Gasteiger partial charge >= 0.3 is 0 Å². The van der Waals surface area contributed by atoms with Gasteiger partial charge in [-0.15, -0.1) is 0 Å². The normalized spacial score (nSPS) is 12.0. The molecule has 24 heavy (non-hydrogen) atoms. The predicted octanol–water partition coefficient (Wildman–Crippen LogP) is 2.58. The molecule has 0 aliphatic carbocycles. The van der Waals surface area contributed by atoms with Crippen molar-refractivity contribution in [2.45, 2.75) is 19.0 Å². The molecule has 1 unspecified atom stereocenters. The Morgan fingerprint density at radius 1 is 1.25 bits per heavy atom. The number of rotatable bonds is 8. The number of nitrogens with one attached hydrogen (secondary N) is 1. The van der Waals surface area contributed by atoms with Crippen molar-refractivity contribution in [1.82, 2.24) is 10.3 Å². The van der Waals surface area contributed by atoms with Crippen LogP contribution in [0.25, 0.3) is 0 Å². The molecular weight excluding hydrogens is 318 g/mol.